The smallest absolute Gasteiger partial charge is 0.226 e. The monoisotopic (exact) mass is 293 g/mol. The van der Waals surface area contributed by atoms with E-state index in [1.165, 1.54) is 0 Å². The first-order chi connectivity index (χ1) is 9.17. The van der Waals surface area contributed by atoms with Gasteiger partial charge in [0.1, 0.15) is 5.82 Å². The molecule has 1 amide bonds. The minimum absolute atomic E-state index is 0.00886. The quantitative estimate of drug-likeness (QED) is 0.893. The number of fused-ring (bicyclic) bond motifs is 1. The Balaban J connectivity index is 2.07. The van der Waals surface area contributed by atoms with Crippen LogP contribution in [0.2, 0.25) is 5.02 Å². The topological polar surface area (TPSA) is 54.0 Å². The van der Waals surface area contributed by atoms with Gasteiger partial charge in [0.15, 0.2) is 5.13 Å². The first-order valence-corrected chi connectivity index (χ1v) is 7.10. The fourth-order valence-electron chi connectivity index (χ4n) is 2.22. The number of nitrogens with one attached hydrogen (secondary N) is 2. The van der Waals surface area contributed by atoms with Gasteiger partial charge in [0.2, 0.25) is 5.91 Å². The minimum atomic E-state index is -0.00886. The van der Waals surface area contributed by atoms with E-state index < -0.39 is 0 Å². The molecule has 0 radical (unpaired) electrons. The summed E-state index contributed by atoms with van der Waals surface area (Å²) in [5.41, 5.74) is 1.05. The van der Waals surface area contributed by atoms with Crippen LogP contribution in [0, 0.1) is 0 Å². The number of aromatic nitrogens is 1. The van der Waals surface area contributed by atoms with Crippen molar-refractivity contribution in [2.75, 3.05) is 17.7 Å². The van der Waals surface area contributed by atoms with Gasteiger partial charge in [-0.1, -0.05) is 35.1 Å². The van der Waals surface area contributed by atoms with E-state index in [2.05, 4.69) is 15.6 Å². The highest BCUT2D eigenvalue weighted by Gasteiger charge is 2.30. The average Bonchev–Trinajstić information content (AvgIpc) is 2.80. The van der Waals surface area contributed by atoms with Gasteiger partial charge < -0.3 is 10.6 Å². The fourth-order valence-corrected chi connectivity index (χ4v) is 3.42. The number of thiazole rings is 1. The molecule has 2 heterocycles. The molecule has 1 aliphatic rings. The molecule has 6 heteroatoms. The van der Waals surface area contributed by atoms with Crippen molar-refractivity contribution >= 4 is 39.8 Å². The van der Waals surface area contributed by atoms with Gasteiger partial charge in [-0.05, 0) is 17.7 Å². The SMILES string of the molecule is CNc1nc2c(s1)[C@@H](c1cccc(Cl)c1)CC(=O)N2. The lowest BCUT2D eigenvalue weighted by Crippen LogP contribution is -2.22. The van der Waals surface area contributed by atoms with E-state index in [0.717, 1.165) is 15.6 Å². The summed E-state index contributed by atoms with van der Waals surface area (Å²) in [6.07, 6.45) is 0.429. The lowest BCUT2D eigenvalue weighted by molar-refractivity contribution is -0.116. The van der Waals surface area contributed by atoms with Crippen LogP contribution in [0.15, 0.2) is 24.3 Å². The van der Waals surface area contributed by atoms with Crippen LogP contribution in [0.5, 0.6) is 0 Å². The van der Waals surface area contributed by atoms with Gasteiger partial charge in [-0.3, -0.25) is 4.79 Å². The molecule has 1 aromatic heterocycles. The predicted octanol–water partition coefficient (Wildman–Crippen LogP) is 3.31. The molecule has 98 valence electrons. The Morgan fingerprint density at radius 2 is 2.37 bits per heavy atom. The Bertz CT molecular complexity index is 641. The number of hydrogen-bond acceptors (Lipinski definition) is 4. The van der Waals surface area contributed by atoms with Crippen molar-refractivity contribution in [3.05, 3.63) is 39.7 Å². The van der Waals surface area contributed by atoms with Gasteiger partial charge in [0, 0.05) is 24.4 Å². The van der Waals surface area contributed by atoms with Crippen molar-refractivity contribution in [1.82, 2.24) is 4.98 Å². The zero-order valence-corrected chi connectivity index (χ0v) is 11.8. The van der Waals surface area contributed by atoms with E-state index in [1.807, 2.05) is 31.3 Å². The van der Waals surface area contributed by atoms with E-state index in [0.29, 0.717) is 17.3 Å². The Kier molecular flexibility index (Phi) is 3.16. The number of carbonyl (C=O) groups excluding carboxylic acids is 1. The molecule has 2 aromatic rings. The van der Waals surface area contributed by atoms with Crippen molar-refractivity contribution < 1.29 is 4.79 Å². The molecule has 1 atom stereocenters. The zero-order valence-electron chi connectivity index (χ0n) is 10.2. The standard InChI is InChI=1S/C13H12ClN3OS/c1-15-13-17-12-11(19-13)9(6-10(18)16-12)7-3-2-4-8(14)5-7/h2-5,9H,6H2,1H3,(H,15,17)(H,16,18)/t9-/m1/s1. The van der Waals surface area contributed by atoms with Crippen LogP contribution in [-0.2, 0) is 4.79 Å². The van der Waals surface area contributed by atoms with Crippen LogP contribution in [-0.4, -0.2) is 17.9 Å². The van der Waals surface area contributed by atoms with Crippen molar-refractivity contribution in [3.8, 4) is 0 Å². The number of benzene rings is 1. The number of anilines is 2. The van der Waals surface area contributed by atoms with Crippen molar-refractivity contribution in [3.63, 3.8) is 0 Å². The molecule has 1 aliphatic heterocycles. The van der Waals surface area contributed by atoms with Gasteiger partial charge >= 0.3 is 0 Å². The highest BCUT2D eigenvalue weighted by molar-refractivity contribution is 7.16. The Labute approximate surface area is 119 Å². The number of halogens is 1. The van der Waals surface area contributed by atoms with Crippen molar-refractivity contribution in [1.29, 1.82) is 0 Å². The maximum Gasteiger partial charge on any atom is 0.226 e. The second-order valence-electron chi connectivity index (χ2n) is 4.34. The first-order valence-electron chi connectivity index (χ1n) is 5.91. The van der Waals surface area contributed by atoms with E-state index >= 15 is 0 Å². The summed E-state index contributed by atoms with van der Waals surface area (Å²) in [6, 6.07) is 7.65. The lowest BCUT2D eigenvalue weighted by Gasteiger charge is -2.21. The van der Waals surface area contributed by atoms with Gasteiger partial charge in [-0.15, -0.1) is 0 Å². The van der Waals surface area contributed by atoms with Crippen LogP contribution >= 0.6 is 22.9 Å². The number of hydrogen-bond donors (Lipinski definition) is 2. The Morgan fingerprint density at radius 3 is 3.11 bits per heavy atom. The van der Waals surface area contributed by atoms with Gasteiger partial charge in [-0.25, -0.2) is 4.98 Å². The van der Waals surface area contributed by atoms with E-state index in [4.69, 9.17) is 11.6 Å². The molecule has 0 fully saturated rings. The van der Waals surface area contributed by atoms with Gasteiger partial charge in [0.05, 0.1) is 4.88 Å². The van der Waals surface area contributed by atoms with Gasteiger partial charge in [0.25, 0.3) is 0 Å². The summed E-state index contributed by atoms with van der Waals surface area (Å²) in [7, 11) is 1.82. The summed E-state index contributed by atoms with van der Waals surface area (Å²) < 4.78 is 0. The largest absolute Gasteiger partial charge is 0.365 e. The third-order valence-electron chi connectivity index (χ3n) is 3.08. The molecule has 0 unspecified atom stereocenters. The molecular formula is C13H12ClN3OS. The van der Waals surface area contributed by atoms with Crippen molar-refractivity contribution in [2.24, 2.45) is 0 Å². The number of carbonyl (C=O) groups is 1. The van der Waals surface area contributed by atoms with E-state index in [1.54, 1.807) is 11.3 Å². The van der Waals surface area contributed by atoms with Crippen molar-refractivity contribution in [2.45, 2.75) is 12.3 Å². The molecular weight excluding hydrogens is 282 g/mol. The number of rotatable bonds is 2. The molecule has 0 spiro atoms. The molecule has 19 heavy (non-hydrogen) atoms. The summed E-state index contributed by atoms with van der Waals surface area (Å²) >= 11 is 7.60. The summed E-state index contributed by atoms with van der Waals surface area (Å²) in [4.78, 5) is 17.2. The molecule has 4 nitrogen and oxygen atoms in total. The highest BCUT2D eigenvalue weighted by atomic mass is 35.5. The fraction of sp³-hybridized carbons (Fsp3) is 0.231. The van der Waals surface area contributed by atoms with Crippen LogP contribution in [0.1, 0.15) is 22.8 Å². The highest BCUT2D eigenvalue weighted by Crippen LogP contribution is 2.42. The molecule has 0 saturated carbocycles. The third kappa shape index (κ3) is 2.31. The van der Waals surface area contributed by atoms with Crippen LogP contribution in [0.3, 0.4) is 0 Å². The normalized spacial score (nSPS) is 17.8. The Hall–Kier alpha value is -1.59. The second-order valence-corrected chi connectivity index (χ2v) is 5.81. The second kappa shape index (κ2) is 4.83. The Morgan fingerprint density at radius 1 is 1.53 bits per heavy atom. The molecule has 3 rings (SSSR count). The van der Waals surface area contributed by atoms with Crippen LogP contribution in [0.25, 0.3) is 0 Å². The maximum atomic E-state index is 11.8. The van der Waals surface area contributed by atoms with E-state index in [-0.39, 0.29) is 11.8 Å². The number of amides is 1. The maximum absolute atomic E-state index is 11.8. The first kappa shape index (κ1) is 12.4. The predicted molar refractivity (Wildman–Crippen MR) is 78.2 cm³/mol. The lowest BCUT2D eigenvalue weighted by atomic mass is 9.92. The summed E-state index contributed by atoms with van der Waals surface area (Å²) in [5.74, 6) is 0.683. The molecule has 0 saturated heterocycles. The minimum Gasteiger partial charge on any atom is -0.365 e. The van der Waals surface area contributed by atoms with E-state index in [9.17, 15) is 4.79 Å². The molecule has 1 aromatic carbocycles. The molecule has 2 N–H and O–H groups in total. The van der Waals surface area contributed by atoms with Crippen LogP contribution < -0.4 is 10.6 Å². The summed E-state index contributed by atoms with van der Waals surface area (Å²) in [5, 5.41) is 7.32. The summed E-state index contributed by atoms with van der Waals surface area (Å²) in [6.45, 7) is 0. The molecule has 0 aliphatic carbocycles. The average molecular weight is 294 g/mol. The van der Waals surface area contributed by atoms with Crippen LogP contribution in [0.4, 0.5) is 10.9 Å². The zero-order chi connectivity index (χ0) is 13.4. The molecule has 0 bridgehead atoms. The number of nitrogens with zero attached hydrogens (tertiary/aromatic N) is 1. The van der Waals surface area contributed by atoms with Gasteiger partial charge in [-0.2, -0.15) is 0 Å². The third-order valence-corrected chi connectivity index (χ3v) is 4.50.